The summed E-state index contributed by atoms with van der Waals surface area (Å²) in [5.41, 5.74) is -1.13. The van der Waals surface area contributed by atoms with Crippen LogP contribution in [0.25, 0.3) is 0 Å². The molecule has 0 aliphatic rings. The van der Waals surface area contributed by atoms with Crippen LogP contribution in [0.3, 0.4) is 0 Å². The maximum absolute atomic E-state index is 11.5. The van der Waals surface area contributed by atoms with Gasteiger partial charge in [-0.2, -0.15) is 0 Å². The Morgan fingerprint density at radius 1 is 1.46 bits per heavy atom. The number of alkyl carbamates (subject to hydrolysis) is 1. The molecule has 0 fully saturated rings. The summed E-state index contributed by atoms with van der Waals surface area (Å²) in [5, 5.41) is 33.2. The van der Waals surface area contributed by atoms with E-state index in [9.17, 15) is 25.1 Å². The van der Waals surface area contributed by atoms with Gasteiger partial charge in [0, 0.05) is 24.4 Å². The number of aliphatic hydroxyl groups excluding tert-OH is 2. The van der Waals surface area contributed by atoms with Gasteiger partial charge in [-0.15, -0.1) is 0 Å². The number of amides is 1. The molecular formula is C14H21N3O7. The number of aromatic nitrogens is 1. The van der Waals surface area contributed by atoms with Crippen molar-refractivity contribution in [1.29, 1.82) is 0 Å². The van der Waals surface area contributed by atoms with E-state index in [1.54, 1.807) is 20.8 Å². The molecule has 0 saturated carbocycles. The standard InChI is InChI=1S/C14H21N3O7/c1-14(2,3)24-13(20)16-7-10(18)11(19)8-5-9(17(21)22)12(23-4)15-6-8/h5-6,10-11,18-19H,7H2,1-4H3,(H,16,20). The predicted molar refractivity (Wildman–Crippen MR) is 82.6 cm³/mol. The Bertz CT molecular complexity index is 601. The van der Waals surface area contributed by atoms with Gasteiger partial charge in [-0.1, -0.05) is 0 Å². The minimum absolute atomic E-state index is 0.0148. The van der Waals surface area contributed by atoms with E-state index in [0.717, 1.165) is 12.3 Å². The molecule has 1 heterocycles. The first-order valence-corrected chi connectivity index (χ1v) is 7.06. The normalized spacial score (nSPS) is 13.8. The van der Waals surface area contributed by atoms with Crippen LogP contribution in [-0.4, -0.2) is 51.6 Å². The predicted octanol–water partition coefficient (Wildman–Crippen LogP) is 0.917. The molecule has 0 spiro atoms. The summed E-state index contributed by atoms with van der Waals surface area (Å²) >= 11 is 0. The second-order valence-electron chi connectivity index (χ2n) is 5.95. The van der Waals surface area contributed by atoms with Gasteiger partial charge in [0.2, 0.25) is 0 Å². The van der Waals surface area contributed by atoms with E-state index in [0.29, 0.717) is 0 Å². The average Bonchev–Trinajstić information content (AvgIpc) is 2.49. The highest BCUT2D eigenvalue weighted by atomic mass is 16.6. The molecule has 0 saturated heterocycles. The summed E-state index contributed by atoms with van der Waals surface area (Å²) < 4.78 is 9.75. The largest absolute Gasteiger partial charge is 0.476 e. The Balaban J connectivity index is 2.75. The third-order valence-corrected chi connectivity index (χ3v) is 2.80. The molecule has 0 bridgehead atoms. The zero-order valence-electron chi connectivity index (χ0n) is 13.8. The van der Waals surface area contributed by atoms with Crippen LogP contribution < -0.4 is 10.1 Å². The fraction of sp³-hybridized carbons (Fsp3) is 0.571. The Hall–Kier alpha value is -2.46. The van der Waals surface area contributed by atoms with E-state index in [-0.39, 0.29) is 18.0 Å². The molecule has 2 atom stereocenters. The Morgan fingerprint density at radius 2 is 2.08 bits per heavy atom. The topological polar surface area (TPSA) is 144 Å². The Labute approximate surface area is 138 Å². The van der Waals surface area contributed by atoms with Crippen molar-refractivity contribution in [2.24, 2.45) is 0 Å². The fourth-order valence-electron chi connectivity index (χ4n) is 1.74. The number of nitrogens with one attached hydrogen (secondary N) is 1. The van der Waals surface area contributed by atoms with E-state index in [2.05, 4.69) is 10.3 Å². The fourth-order valence-corrected chi connectivity index (χ4v) is 1.74. The summed E-state index contributed by atoms with van der Waals surface area (Å²) in [5.74, 6) is -0.211. The molecule has 0 aliphatic heterocycles. The van der Waals surface area contributed by atoms with Crippen LogP contribution >= 0.6 is 0 Å². The number of ether oxygens (including phenoxy) is 2. The van der Waals surface area contributed by atoms with Crippen molar-refractivity contribution < 1.29 is 29.4 Å². The lowest BCUT2D eigenvalue weighted by atomic mass is 10.1. The molecule has 2 unspecified atom stereocenters. The molecule has 1 aromatic heterocycles. The molecule has 3 N–H and O–H groups in total. The first-order valence-electron chi connectivity index (χ1n) is 7.06. The molecule has 1 rings (SSSR count). The molecule has 10 nitrogen and oxygen atoms in total. The number of nitrogens with zero attached hydrogens (tertiary/aromatic N) is 2. The van der Waals surface area contributed by atoms with E-state index >= 15 is 0 Å². The van der Waals surface area contributed by atoms with E-state index in [1.165, 1.54) is 7.11 Å². The molecule has 24 heavy (non-hydrogen) atoms. The quantitative estimate of drug-likeness (QED) is 0.511. The van der Waals surface area contributed by atoms with Crippen LogP contribution in [0.15, 0.2) is 12.3 Å². The summed E-state index contributed by atoms with van der Waals surface area (Å²) in [4.78, 5) is 25.4. The monoisotopic (exact) mass is 343 g/mol. The second kappa shape index (κ2) is 7.88. The van der Waals surface area contributed by atoms with Crippen LogP contribution in [0.2, 0.25) is 0 Å². The van der Waals surface area contributed by atoms with Crippen molar-refractivity contribution in [3.05, 3.63) is 27.9 Å². The third-order valence-electron chi connectivity index (χ3n) is 2.80. The summed E-state index contributed by atoms with van der Waals surface area (Å²) in [6.07, 6.45) is -2.51. The van der Waals surface area contributed by atoms with Gasteiger partial charge in [0.15, 0.2) is 0 Å². The highest BCUT2D eigenvalue weighted by molar-refractivity contribution is 5.67. The summed E-state index contributed by atoms with van der Waals surface area (Å²) in [6.45, 7) is 4.73. The van der Waals surface area contributed by atoms with Gasteiger partial charge in [-0.3, -0.25) is 10.1 Å². The zero-order chi connectivity index (χ0) is 18.5. The zero-order valence-corrected chi connectivity index (χ0v) is 13.8. The van der Waals surface area contributed by atoms with Crippen LogP contribution in [0.4, 0.5) is 10.5 Å². The number of pyridine rings is 1. The Morgan fingerprint density at radius 3 is 2.58 bits per heavy atom. The van der Waals surface area contributed by atoms with Gasteiger partial charge in [-0.25, -0.2) is 9.78 Å². The minimum atomic E-state index is -1.49. The highest BCUT2D eigenvalue weighted by Crippen LogP contribution is 2.28. The van der Waals surface area contributed by atoms with Crippen LogP contribution in [0.5, 0.6) is 5.88 Å². The summed E-state index contributed by atoms with van der Waals surface area (Å²) in [6, 6.07) is 1.05. The van der Waals surface area contributed by atoms with Crippen molar-refractivity contribution in [2.75, 3.05) is 13.7 Å². The number of rotatable bonds is 6. The molecule has 1 amide bonds. The van der Waals surface area contributed by atoms with Gasteiger partial charge in [-0.05, 0) is 20.8 Å². The van der Waals surface area contributed by atoms with Crippen molar-refractivity contribution in [1.82, 2.24) is 10.3 Å². The lowest BCUT2D eigenvalue weighted by molar-refractivity contribution is -0.386. The first-order chi connectivity index (χ1) is 11.0. The average molecular weight is 343 g/mol. The van der Waals surface area contributed by atoms with Crippen LogP contribution in [-0.2, 0) is 4.74 Å². The maximum atomic E-state index is 11.5. The van der Waals surface area contributed by atoms with Crippen LogP contribution in [0, 0.1) is 10.1 Å². The highest BCUT2D eigenvalue weighted by Gasteiger charge is 2.25. The first kappa shape index (κ1) is 19.6. The van der Waals surface area contributed by atoms with Gasteiger partial charge in [0.25, 0.3) is 5.88 Å². The molecule has 134 valence electrons. The lowest BCUT2D eigenvalue weighted by Gasteiger charge is -2.22. The Kier molecular flexibility index (Phi) is 6.43. The van der Waals surface area contributed by atoms with Crippen molar-refractivity contribution in [3.8, 4) is 5.88 Å². The second-order valence-corrected chi connectivity index (χ2v) is 5.95. The number of hydrogen-bond acceptors (Lipinski definition) is 8. The third kappa shape index (κ3) is 5.63. The molecule has 0 aromatic carbocycles. The molecule has 10 heteroatoms. The molecule has 0 aliphatic carbocycles. The SMILES string of the molecule is COc1ncc(C(O)C(O)CNC(=O)OC(C)(C)C)cc1[N+](=O)[O-]. The number of aliphatic hydroxyl groups is 2. The van der Waals surface area contributed by atoms with Gasteiger partial charge in [0.05, 0.1) is 12.0 Å². The van der Waals surface area contributed by atoms with Crippen molar-refractivity contribution in [3.63, 3.8) is 0 Å². The smallest absolute Gasteiger partial charge is 0.407 e. The number of carbonyl (C=O) groups excluding carboxylic acids is 1. The van der Waals surface area contributed by atoms with E-state index in [1.807, 2.05) is 0 Å². The lowest BCUT2D eigenvalue weighted by Crippen LogP contribution is -2.38. The summed E-state index contributed by atoms with van der Waals surface area (Å²) in [7, 11) is 1.23. The number of hydrogen-bond donors (Lipinski definition) is 3. The van der Waals surface area contributed by atoms with Crippen LogP contribution in [0.1, 0.15) is 32.4 Å². The maximum Gasteiger partial charge on any atom is 0.407 e. The van der Waals surface area contributed by atoms with E-state index < -0.39 is 34.5 Å². The van der Waals surface area contributed by atoms with Crippen molar-refractivity contribution in [2.45, 2.75) is 38.6 Å². The van der Waals surface area contributed by atoms with Crippen molar-refractivity contribution >= 4 is 11.8 Å². The molecular weight excluding hydrogens is 322 g/mol. The number of nitro groups is 1. The minimum Gasteiger partial charge on any atom is -0.476 e. The van der Waals surface area contributed by atoms with E-state index in [4.69, 9.17) is 9.47 Å². The van der Waals surface area contributed by atoms with Gasteiger partial charge < -0.3 is 25.0 Å². The molecule has 1 aromatic rings. The number of methoxy groups -OCH3 is 1. The van der Waals surface area contributed by atoms with Gasteiger partial charge in [0.1, 0.15) is 17.8 Å². The number of carbonyl (C=O) groups is 1. The van der Waals surface area contributed by atoms with Gasteiger partial charge >= 0.3 is 11.8 Å². The molecule has 0 radical (unpaired) electrons.